The van der Waals surface area contributed by atoms with Crippen LogP contribution in [0.2, 0.25) is 5.02 Å². The number of ether oxygens (including phenoxy) is 3. The van der Waals surface area contributed by atoms with Crippen molar-refractivity contribution >= 4 is 17.6 Å². The molecular formula is C26H21ClN2O4. The van der Waals surface area contributed by atoms with Crippen LogP contribution in [0.1, 0.15) is 5.56 Å². The van der Waals surface area contributed by atoms with Gasteiger partial charge in [0.2, 0.25) is 5.79 Å². The van der Waals surface area contributed by atoms with Crippen molar-refractivity contribution in [1.82, 2.24) is 9.55 Å². The minimum Gasteiger partial charge on any atom is -0.423 e. The lowest BCUT2D eigenvalue weighted by Crippen LogP contribution is -2.35. The molecule has 7 heteroatoms. The Balaban J connectivity index is 1.40. The fourth-order valence-corrected chi connectivity index (χ4v) is 3.99. The van der Waals surface area contributed by atoms with E-state index in [1.54, 1.807) is 36.8 Å². The maximum absolute atomic E-state index is 12.8. The molecule has 1 fully saturated rings. The van der Waals surface area contributed by atoms with Gasteiger partial charge in [0, 0.05) is 18.0 Å². The van der Waals surface area contributed by atoms with Crippen LogP contribution in [0.5, 0.6) is 5.75 Å². The van der Waals surface area contributed by atoms with Crippen LogP contribution in [-0.2, 0) is 26.6 Å². The lowest BCUT2D eigenvalue weighted by atomic mass is 10.00. The van der Waals surface area contributed by atoms with Gasteiger partial charge < -0.3 is 18.8 Å². The number of hydrogen-bond donors (Lipinski definition) is 0. The van der Waals surface area contributed by atoms with E-state index in [9.17, 15) is 4.79 Å². The summed E-state index contributed by atoms with van der Waals surface area (Å²) in [7, 11) is 0. The van der Waals surface area contributed by atoms with Crippen LogP contribution in [0, 0.1) is 0 Å². The van der Waals surface area contributed by atoms with Crippen LogP contribution in [-0.4, -0.2) is 28.2 Å². The van der Waals surface area contributed by atoms with E-state index in [0.29, 0.717) is 11.6 Å². The van der Waals surface area contributed by atoms with Gasteiger partial charge in [-0.15, -0.1) is 0 Å². The molecule has 1 aliphatic heterocycles. The topological polar surface area (TPSA) is 62.6 Å². The average Bonchev–Trinajstić information content (AvgIpc) is 3.52. The molecule has 6 nitrogen and oxygen atoms in total. The van der Waals surface area contributed by atoms with Gasteiger partial charge in [-0.05, 0) is 23.3 Å². The van der Waals surface area contributed by atoms with E-state index in [4.69, 9.17) is 25.8 Å². The predicted molar refractivity (Wildman–Crippen MR) is 124 cm³/mol. The van der Waals surface area contributed by atoms with Crippen molar-refractivity contribution < 1.29 is 19.0 Å². The van der Waals surface area contributed by atoms with Crippen molar-refractivity contribution in [1.29, 1.82) is 0 Å². The third kappa shape index (κ3) is 4.54. The zero-order valence-electron chi connectivity index (χ0n) is 17.6. The van der Waals surface area contributed by atoms with Gasteiger partial charge >= 0.3 is 5.97 Å². The summed E-state index contributed by atoms with van der Waals surface area (Å²) in [4.78, 5) is 16.9. The molecule has 4 aromatic rings. The van der Waals surface area contributed by atoms with E-state index in [1.165, 1.54) is 0 Å². The summed E-state index contributed by atoms with van der Waals surface area (Å²) in [6, 6.07) is 24.9. The summed E-state index contributed by atoms with van der Waals surface area (Å²) < 4.78 is 19.7. The normalized spacial score (nSPS) is 20.0. The monoisotopic (exact) mass is 460 g/mol. The number of hydrogen-bond acceptors (Lipinski definition) is 5. The smallest absolute Gasteiger partial charge is 0.343 e. The van der Waals surface area contributed by atoms with E-state index < -0.39 is 17.9 Å². The highest BCUT2D eigenvalue weighted by atomic mass is 35.5. The molecule has 0 saturated carbocycles. The number of para-hydroxylation sites is 1. The van der Waals surface area contributed by atoms with Crippen LogP contribution in [0.15, 0.2) is 97.6 Å². The standard InChI is InChI=1S/C26H21ClN2O4/c27-22-8-4-5-9-23(22)32-25(30)24-16-31-26(33-24,17-29-15-14-28-18-29)21-12-10-20(11-13-21)19-6-2-1-3-7-19/h1-15,18,24H,16-17H2/t24-,26-/m0/s1. The average molecular weight is 461 g/mol. The number of imidazole rings is 1. The zero-order valence-corrected chi connectivity index (χ0v) is 18.4. The molecule has 3 aromatic carbocycles. The fraction of sp³-hybridized carbons (Fsp3) is 0.154. The van der Waals surface area contributed by atoms with Crippen molar-refractivity contribution in [3.8, 4) is 16.9 Å². The van der Waals surface area contributed by atoms with Crippen LogP contribution in [0.3, 0.4) is 0 Å². The van der Waals surface area contributed by atoms with Crippen LogP contribution in [0.25, 0.3) is 11.1 Å². The predicted octanol–water partition coefficient (Wildman–Crippen LogP) is 5.08. The van der Waals surface area contributed by atoms with E-state index in [2.05, 4.69) is 17.1 Å². The van der Waals surface area contributed by atoms with E-state index in [0.717, 1.165) is 16.7 Å². The molecule has 0 spiro atoms. The van der Waals surface area contributed by atoms with Gasteiger partial charge in [0.05, 0.1) is 24.5 Å². The summed E-state index contributed by atoms with van der Waals surface area (Å²) in [5.41, 5.74) is 2.98. The van der Waals surface area contributed by atoms with E-state index >= 15 is 0 Å². The molecule has 0 unspecified atom stereocenters. The molecule has 0 bridgehead atoms. The third-order valence-corrected chi connectivity index (χ3v) is 5.80. The maximum Gasteiger partial charge on any atom is 0.343 e. The second kappa shape index (κ2) is 9.19. The van der Waals surface area contributed by atoms with Crippen molar-refractivity contribution in [2.45, 2.75) is 18.4 Å². The van der Waals surface area contributed by atoms with Gasteiger partial charge in [0.25, 0.3) is 0 Å². The minimum atomic E-state index is -1.17. The summed E-state index contributed by atoms with van der Waals surface area (Å²) in [6.07, 6.45) is 4.29. The Morgan fingerprint density at radius 2 is 1.76 bits per heavy atom. The number of nitrogens with zero attached hydrogens (tertiary/aromatic N) is 2. The number of carbonyl (C=O) groups excluding carboxylic acids is 1. The first-order valence-corrected chi connectivity index (χ1v) is 10.9. The second-order valence-corrected chi connectivity index (χ2v) is 8.11. The Labute approximate surface area is 196 Å². The number of rotatable bonds is 6. The molecule has 0 N–H and O–H groups in total. The highest BCUT2D eigenvalue weighted by Crippen LogP contribution is 2.38. The summed E-state index contributed by atoms with van der Waals surface area (Å²) in [5.74, 6) is -1.44. The molecule has 1 saturated heterocycles. The van der Waals surface area contributed by atoms with Gasteiger partial charge in [-0.3, -0.25) is 0 Å². The number of halogens is 1. The molecule has 0 amide bonds. The third-order valence-electron chi connectivity index (χ3n) is 5.49. The second-order valence-electron chi connectivity index (χ2n) is 7.70. The summed E-state index contributed by atoms with van der Waals surface area (Å²) in [5, 5.41) is 0.353. The quantitative estimate of drug-likeness (QED) is 0.296. The Morgan fingerprint density at radius 1 is 1.03 bits per heavy atom. The molecule has 2 atom stereocenters. The lowest BCUT2D eigenvalue weighted by molar-refractivity contribution is -0.193. The number of carbonyl (C=O) groups is 1. The van der Waals surface area contributed by atoms with Gasteiger partial charge in [-0.25, -0.2) is 9.78 Å². The van der Waals surface area contributed by atoms with Gasteiger partial charge in [-0.2, -0.15) is 0 Å². The van der Waals surface area contributed by atoms with Crippen LogP contribution in [0.4, 0.5) is 0 Å². The first-order valence-electron chi connectivity index (χ1n) is 10.5. The molecule has 2 heterocycles. The van der Waals surface area contributed by atoms with Gasteiger partial charge in [-0.1, -0.05) is 78.3 Å². The van der Waals surface area contributed by atoms with Crippen molar-refractivity contribution in [3.63, 3.8) is 0 Å². The molecule has 5 rings (SSSR count). The lowest BCUT2D eigenvalue weighted by Gasteiger charge is -2.29. The molecule has 0 radical (unpaired) electrons. The van der Waals surface area contributed by atoms with Gasteiger partial charge in [0.1, 0.15) is 5.75 Å². The van der Waals surface area contributed by atoms with Crippen molar-refractivity contribution in [3.05, 3.63) is 108 Å². The molecule has 166 valence electrons. The number of benzene rings is 3. The SMILES string of the molecule is O=C(Oc1ccccc1Cl)[C@@H]1CO[C@](Cn2ccnc2)(c2ccc(-c3ccccc3)cc2)O1. The molecular weight excluding hydrogens is 440 g/mol. The van der Waals surface area contributed by atoms with Crippen LogP contribution >= 0.6 is 11.6 Å². The van der Waals surface area contributed by atoms with E-state index in [-0.39, 0.29) is 12.4 Å². The Hall–Kier alpha value is -3.45. The Kier molecular flexibility index (Phi) is 5.96. The molecule has 1 aromatic heterocycles. The highest BCUT2D eigenvalue weighted by molar-refractivity contribution is 6.32. The Morgan fingerprint density at radius 3 is 2.48 bits per heavy atom. The highest BCUT2D eigenvalue weighted by Gasteiger charge is 2.47. The first kappa shape index (κ1) is 21.4. The Bertz CT molecular complexity index is 1230. The number of esters is 1. The largest absolute Gasteiger partial charge is 0.423 e. The summed E-state index contributed by atoms with van der Waals surface area (Å²) >= 11 is 6.13. The fourth-order valence-electron chi connectivity index (χ4n) is 3.82. The molecule has 1 aliphatic rings. The number of aromatic nitrogens is 2. The van der Waals surface area contributed by atoms with Crippen molar-refractivity contribution in [2.75, 3.05) is 6.61 Å². The minimum absolute atomic E-state index is 0.0540. The van der Waals surface area contributed by atoms with E-state index in [1.807, 2.05) is 53.2 Å². The maximum atomic E-state index is 12.8. The van der Waals surface area contributed by atoms with Gasteiger partial charge in [0.15, 0.2) is 6.10 Å². The summed E-state index contributed by atoms with van der Waals surface area (Å²) in [6.45, 7) is 0.381. The zero-order chi connectivity index (χ0) is 22.7. The van der Waals surface area contributed by atoms with Crippen LogP contribution < -0.4 is 4.74 Å². The molecule has 33 heavy (non-hydrogen) atoms. The molecule has 0 aliphatic carbocycles. The van der Waals surface area contributed by atoms with Crippen molar-refractivity contribution in [2.24, 2.45) is 0 Å². The first-order chi connectivity index (χ1) is 16.1.